The molecule has 90 valence electrons. The number of aromatic nitrogens is 3. The molecule has 1 N–H and O–H groups in total. The van der Waals surface area contributed by atoms with Crippen LogP contribution in [0, 0.1) is 13.8 Å². The third-order valence-electron chi connectivity index (χ3n) is 2.39. The highest BCUT2D eigenvalue weighted by Crippen LogP contribution is 2.15. The molecule has 0 fully saturated rings. The molecule has 0 bridgehead atoms. The van der Waals surface area contributed by atoms with Gasteiger partial charge in [0.25, 0.3) is 0 Å². The van der Waals surface area contributed by atoms with Crippen molar-refractivity contribution >= 4 is 22.4 Å². The summed E-state index contributed by atoms with van der Waals surface area (Å²) in [5.74, 6) is 0.688. The average Bonchev–Trinajstić information content (AvgIpc) is 2.88. The molecule has 7 heteroatoms. The maximum atomic E-state index is 11.6. The van der Waals surface area contributed by atoms with Crippen LogP contribution in [0.25, 0.3) is 0 Å². The summed E-state index contributed by atoms with van der Waals surface area (Å²) in [5.41, 5.74) is 3.41. The van der Waals surface area contributed by atoms with Gasteiger partial charge >= 0.3 is 0 Å². The van der Waals surface area contributed by atoms with E-state index in [-0.39, 0.29) is 5.91 Å². The van der Waals surface area contributed by atoms with Gasteiger partial charge in [0.1, 0.15) is 11.3 Å². The van der Waals surface area contributed by atoms with Crippen LogP contribution in [0.15, 0.2) is 10.0 Å². The van der Waals surface area contributed by atoms with E-state index in [2.05, 4.69) is 20.7 Å². The normalized spacial score (nSPS) is 10.5. The molecule has 0 saturated carbocycles. The number of hydrogen-bond donors (Lipinski definition) is 1. The smallest absolute Gasteiger partial charge is 0.226 e. The first kappa shape index (κ1) is 11.7. The van der Waals surface area contributed by atoms with Gasteiger partial charge in [0.2, 0.25) is 11.0 Å². The van der Waals surface area contributed by atoms with Crippen LogP contribution in [0.3, 0.4) is 0 Å². The molecule has 0 radical (unpaired) electrons. The zero-order chi connectivity index (χ0) is 12.3. The molecule has 0 unspecified atom stereocenters. The minimum atomic E-state index is -0.0817. The molecule has 6 nitrogen and oxygen atoms in total. The van der Waals surface area contributed by atoms with Gasteiger partial charge in [-0.05, 0) is 20.3 Å². The Hall–Kier alpha value is -1.76. The Morgan fingerprint density at radius 3 is 2.94 bits per heavy atom. The Bertz CT molecular complexity index is 487. The first-order valence-electron chi connectivity index (χ1n) is 5.14. The lowest BCUT2D eigenvalue weighted by Crippen LogP contribution is -2.12. The van der Waals surface area contributed by atoms with Gasteiger partial charge in [-0.1, -0.05) is 16.5 Å². The molecule has 2 aromatic rings. The fourth-order valence-electron chi connectivity index (χ4n) is 1.51. The number of hydrogen-bond acceptors (Lipinski definition) is 6. The molecule has 2 heterocycles. The number of nitrogens with zero attached hydrogens (tertiary/aromatic N) is 3. The second kappa shape index (κ2) is 5.05. The van der Waals surface area contributed by atoms with Crippen LogP contribution in [0.5, 0.6) is 0 Å². The van der Waals surface area contributed by atoms with E-state index in [1.807, 2.05) is 13.8 Å². The van der Waals surface area contributed by atoms with Gasteiger partial charge in [-0.2, -0.15) is 0 Å². The van der Waals surface area contributed by atoms with Crippen molar-refractivity contribution in [1.29, 1.82) is 0 Å². The van der Waals surface area contributed by atoms with Crippen LogP contribution in [0.2, 0.25) is 0 Å². The van der Waals surface area contributed by atoms with Crippen molar-refractivity contribution in [1.82, 2.24) is 15.4 Å². The summed E-state index contributed by atoms with van der Waals surface area (Å²) in [6, 6.07) is 0. The van der Waals surface area contributed by atoms with Crippen molar-refractivity contribution in [3.63, 3.8) is 0 Å². The van der Waals surface area contributed by atoms with E-state index in [0.717, 1.165) is 17.0 Å². The van der Waals surface area contributed by atoms with Crippen molar-refractivity contribution in [2.24, 2.45) is 0 Å². The quantitative estimate of drug-likeness (QED) is 0.896. The van der Waals surface area contributed by atoms with Crippen molar-refractivity contribution < 1.29 is 9.32 Å². The van der Waals surface area contributed by atoms with E-state index in [4.69, 9.17) is 4.52 Å². The van der Waals surface area contributed by atoms with E-state index in [1.165, 1.54) is 11.3 Å². The van der Waals surface area contributed by atoms with E-state index >= 15 is 0 Å². The highest BCUT2D eigenvalue weighted by Gasteiger charge is 2.11. The first-order valence-corrected chi connectivity index (χ1v) is 6.02. The highest BCUT2D eigenvalue weighted by molar-refractivity contribution is 7.13. The molecule has 1 amide bonds. The van der Waals surface area contributed by atoms with E-state index < -0.39 is 0 Å². The summed E-state index contributed by atoms with van der Waals surface area (Å²) >= 11 is 1.30. The van der Waals surface area contributed by atoms with Gasteiger partial charge in [0.15, 0.2) is 0 Å². The number of carbonyl (C=O) groups excluding carboxylic acids is 1. The van der Waals surface area contributed by atoms with Crippen LogP contribution >= 0.6 is 11.3 Å². The van der Waals surface area contributed by atoms with Crippen molar-refractivity contribution in [2.75, 3.05) is 5.32 Å². The first-order chi connectivity index (χ1) is 8.16. The van der Waals surface area contributed by atoms with Crippen molar-refractivity contribution in [2.45, 2.75) is 26.7 Å². The molecule has 17 heavy (non-hydrogen) atoms. The van der Waals surface area contributed by atoms with Gasteiger partial charge in [0, 0.05) is 12.0 Å². The molecule has 0 aliphatic heterocycles. The third-order valence-corrected chi connectivity index (χ3v) is 3.00. The van der Waals surface area contributed by atoms with Crippen LogP contribution in [-0.2, 0) is 11.2 Å². The topological polar surface area (TPSA) is 80.9 Å². The summed E-state index contributed by atoms with van der Waals surface area (Å²) in [6.07, 6.45) is 0.994. The number of carbonyl (C=O) groups is 1. The summed E-state index contributed by atoms with van der Waals surface area (Å²) < 4.78 is 5.03. The minimum absolute atomic E-state index is 0.0817. The molecular weight excluding hydrogens is 240 g/mol. The molecule has 2 rings (SSSR count). The lowest BCUT2D eigenvalue weighted by Gasteiger charge is -2.00. The van der Waals surface area contributed by atoms with E-state index in [9.17, 15) is 4.79 Å². The average molecular weight is 252 g/mol. The third kappa shape index (κ3) is 2.88. The number of aryl methyl sites for hydroxylation is 2. The summed E-state index contributed by atoms with van der Waals surface area (Å²) in [5, 5.41) is 14.4. The Kier molecular flexibility index (Phi) is 3.48. The summed E-state index contributed by atoms with van der Waals surface area (Å²) in [6.45, 7) is 3.71. The predicted molar refractivity (Wildman–Crippen MR) is 62.8 cm³/mol. The maximum Gasteiger partial charge on any atom is 0.226 e. The highest BCUT2D eigenvalue weighted by atomic mass is 32.1. The zero-order valence-corrected chi connectivity index (χ0v) is 10.4. The summed E-state index contributed by atoms with van der Waals surface area (Å²) in [4.78, 5) is 11.6. The second-order valence-corrected chi connectivity index (χ2v) is 4.43. The van der Waals surface area contributed by atoms with Gasteiger partial charge in [0.05, 0.1) is 5.69 Å². The number of rotatable bonds is 4. The van der Waals surface area contributed by atoms with Gasteiger partial charge in [-0.25, -0.2) is 0 Å². The van der Waals surface area contributed by atoms with E-state index in [0.29, 0.717) is 18.0 Å². The molecule has 0 aliphatic rings. The van der Waals surface area contributed by atoms with Crippen LogP contribution in [-0.4, -0.2) is 21.3 Å². The molecule has 0 atom stereocenters. The maximum absolute atomic E-state index is 11.6. The zero-order valence-electron chi connectivity index (χ0n) is 9.56. The Labute approximate surface area is 102 Å². The fraction of sp³-hybridized carbons (Fsp3) is 0.400. The monoisotopic (exact) mass is 252 g/mol. The fourth-order valence-corrected chi connectivity index (χ4v) is 1.97. The molecular formula is C10H12N4O2S. The molecule has 2 aromatic heterocycles. The number of anilines is 1. The molecule has 0 aromatic carbocycles. The Morgan fingerprint density at radius 1 is 1.53 bits per heavy atom. The van der Waals surface area contributed by atoms with Crippen LogP contribution < -0.4 is 5.32 Å². The minimum Gasteiger partial charge on any atom is -0.361 e. The van der Waals surface area contributed by atoms with E-state index in [1.54, 1.807) is 5.51 Å². The lowest BCUT2D eigenvalue weighted by molar-refractivity contribution is -0.116. The van der Waals surface area contributed by atoms with Crippen molar-refractivity contribution in [3.05, 3.63) is 22.5 Å². The largest absolute Gasteiger partial charge is 0.361 e. The number of nitrogens with one attached hydrogen (secondary N) is 1. The Morgan fingerprint density at radius 2 is 2.35 bits per heavy atom. The second-order valence-electron chi connectivity index (χ2n) is 3.59. The van der Waals surface area contributed by atoms with Crippen LogP contribution in [0.1, 0.15) is 23.4 Å². The SMILES string of the molecule is Cc1noc(C)c1CCC(=O)Nc1nncs1. The standard InChI is InChI=1S/C10H12N4O2S/c1-6-8(7(2)16-14-6)3-4-9(15)12-10-13-11-5-17-10/h5H,3-4H2,1-2H3,(H,12,13,15). The number of amides is 1. The van der Waals surface area contributed by atoms with Crippen molar-refractivity contribution in [3.8, 4) is 0 Å². The van der Waals surface area contributed by atoms with Gasteiger partial charge in [-0.3, -0.25) is 4.79 Å². The van der Waals surface area contributed by atoms with Gasteiger partial charge < -0.3 is 9.84 Å². The summed E-state index contributed by atoms with van der Waals surface area (Å²) in [7, 11) is 0. The predicted octanol–water partition coefficient (Wildman–Crippen LogP) is 1.71. The van der Waals surface area contributed by atoms with Crippen LogP contribution in [0.4, 0.5) is 5.13 Å². The molecule has 0 saturated heterocycles. The molecule has 0 spiro atoms. The Balaban J connectivity index is 1.88. The lowest BCUT2D eigenvalue weighted by atomic mass is 10.1. The molecule has 0 aliphatic carbocycles. The van der Waals surface area contributed by atoms with Gasteiger partial charge in [-0.15, -0.1) is 10.2 Å².